The van der Waals surface area contributed by atoms with E-state index in [1.54, 1.807) is 17.5 Å². The Balaban J connectivity index is 1.14. The van der Waals surface area contributed by atoms with Crippen LogP contribution in [0, 0.1) is 0 Å². The molecule has 4 heterocycles. The molecule has 9 heteroatoms. The highest BCUT2D eigenvalue weighted by Gasteiger charge is 2.25. The second kappa shape index (κ2) is 8.31. The first kappa shape index (κ1) is 20.4. The molecule has 168 valence electrons. The summed E-state index contributed by atoms with van der Waals surface area (Å²) in [5.74, 6) is 0.608. The molecule has 0 unspecified atom stereocenters. The van der Waals surface area contributed by atoms with Crippen LogP contribution in [0.1, 0.15) is 39.6 Å². The Hall–Kier alpha value is -3.17. The molecule has 0 atom stereocenters. The third kappa shape index (κ3) is 3.81. The molecule has 0 bridgehead atoms. The summed E-state index contributed by atoms with van der Waals surface area (Å²) in [4.78, 5) is 48.6. The van der Waals surface area contributed by atoms with Crippen molar-refractivity contribution in [3.8, 4) is 0 Å². The van der Waals surface area contributed by atoms with E-state index in [4.69, 9.17) is 4.98 Å². The number of para-hydroxylation sites is 2. The summed E-state index contributed by atoms with van der Waals surface area (Å²) in [6, 6.07) is 7.55. The molecular formula is C24H24N6O2S. The van der Waals surface area contributed by atoms with Crippen molar-refractivity contribution >= 4 is 38.5 Å². The number of thiophene rings is 1. The van der Waals surface area contributed by atoms with Crippen LogP contribution in [0.25, 0.3) is 21.3 Å². The molecule has 1 aromatic carbocycles. The zero-order valence-electron chi connectivity index (χ0n) is 18.2. The number of hydrogen-bond donors (Lipinski definition) is 1. The fraction of sp³-hybridized carbons (Fsp3) is 0.375. The Morgan fingerprint density at radius 1 is 1.03 bits per heavy atom. The SMILES string of the molecule is O=C(c1cnc2ccccc2n1)N1CCN(Cc2nc3sc4c(c3c(=O)[nH]2)CCCC4)CC1. The van der Waals surface area contributed by atoms with Crippen LogP contribution in [-0.2, 0) is 19.4 Å². The lowest BCUT2D eigenvalue weighted by atomic mass is 9.97. The van der Waals surface area contributed by atoms with E-state index in [9.17, 15) is 9.59 Å². The summed E-state index contributed by atoms with van der Waals surface area (Å²) in [5, 5.41) is 0.797. The maximum Gasteiger partial charge on any atom is 0.274 e. The van der Waals surface area contributed by atoms with Gasteiger partial charge < -0.3 is 9.88 Å². The number of amides is 1. The molecule has 0 saturated carbocycles. The van der Waals surface area contributed by atoms with Gasteiger partial charge in [0.15, 0.2) is 0 Å². The minimum absolute atomic E-state index is 0.0157. The number of piperazine rings is 1. The second-order valence-electron chi connectivity index (χ2n) is 8.72. The third-order valence-electron chi connectivity index (χ3n) is 6.57. The van der Waals surface area contributed by atoms with Crippen LogP contribution < -0.4 is 5.56 Å². The van der Waals surface area contributed by atoms with Gasteiger partial charge in [-0.15, -0.1) is 11.3 Å². The van der Waals surface area contributed by atoms with Crippen molar-refractivity contribution in [2.75, 3.05) is 26.2 Å². The number of H-pyrrole nitrogens is 1. The number of hydrogen-bond acceptors (Lipinski definition) is 7. The van der Waals surface area contributed by atoms with Crippen LogP contribution in [0.4, 0.5) is 0 Å². The highest BCUT2D eigenvalue weighted by molar-refractivity contribution is 7.18. The van der Waals surface area contributed by atoms with E-state index in [1.807, 2.05) is 29.2 Å². The zero-order valence-corrected chi connectivity index (χ0v) is 19.0. The van der Waals surface area contributed by atoms with Gasteiger partial charge in [-0.1, -0.05) is 12.1 Å². The van der Waals surface area contributed by atoms with Gasteiger partial charge in [-0.3, -0.25) is 19.5 Å². The van der Waals surface area contributed by atoms with Gasteiger partial charge in [0.05, 0.1) is 29.2 Å². The van der Waals surface area contributed by atoms with Crippen molar-refractivity contribution in [2.24, 2.45) is 0 Å². The number of carbonyl (C=O) groups is 1. The molecule has 0 spiro atoms. The Kier molecular flexibility index (Phi) is 5.15. The summed E-state index contributed by atoms with van der Waals surface area (Å²) in [5.41, 5.74) is 3.08. The number of rotatable bonds is 3. The predicted octanol–water partition coefficient (Wildman–Crippen LogP) is 2.76. The van der Waals surface area contributed by atoms with Crippen LogP contribution in [0.2, 0.25) is 0 Å². The summed E-state index contributed by atoms with van der Waals surface area (Å²) in [7, 11) is 0. The lowest BCUT2D eigenvalue weighted by molar-refractivity contribution is 0.0620. The van der Waals surface area contributed by atoms with Crippen LogP contribution in [0.15, 0.2) is 35.3 Å². The number of aryl methyl sites for hydroxylation is 2. The summed E-state index contributed by atoms with van der Waals surface area (Å²) in [6.07, 6.45) is 5.94. The molecule has 6 rings (SSSR count). The Morgan fingerprint density at radius 3 is 2.67 bits per heavy atom. The van der Waals surface area contributed by atoms with Crippen LogP contribution in [0.3, 0.4) is 0 Å². The molecule has 1 N–H and O–H groups in total. The maximum absolute atomic E-state index is 12.9. The molecule has 33 heavy (non-hydrogen) atoms. The highest BCUT2D eigenvalue weighted by atomic mass is 32.1. The number of carbonyl (C=O) groups excluding carboxylic acids is 1. The second-order valence-corrected chi connectivity index (χ2v) is 9.80. The van der Waals surface area contributed by atoms with Gasteiger partial charge >= 0.3 is 0 Å². The van der Waals surface area contributed by atoms with Gasteiger partial charge in [-0.05, 0) is 43.4 Å². The monoisotopic (exact) mass is 460 g/mol. The summed E-state index contributed by atoms with van der Waals surface area (Å²) >= 11 is 1.68. The lowest BCUT2D eigenvalue weighted by Gasteiger charge is -2.34. The summed E-state index contributed by atoms with van der Waals surface area (Å²) in [6.45, 7) is 3.22. The largest absolute Gasteiger partial charge is 0.335 e. The average molecular weight is 461 g/mol. The van der Waals surface area contributed by atoms with E-state index in [0.717, 1.165) is 53.6 Å². The van der Waals surface area contributed by atoms with Crippen LogP contribution in [0.5, 0.6) is 0 Å². The first-order chi connectivity index (χ1) is 16.2. The number of nitrogens with zero attached hydrogens (tertiary/aromatic N) is 5. The Morgan fingerprint density at radius 2 is 1.82 bits per heavy atom. The molecule has 1 saturated heterocycles. The number of benzene rings is 1. The smallest absolute Gasteiger partial charge is 0.274 e. The zero-order chi connectivity index (χ0) is 22.4. The van der Waals surface area contributed by atoms with E-state index >= 15 is 0 Å². The van der Waals surface area contributed by atoms with E-state index < -0.39 is 0 Å². The van der Waals surface area contributed by atoms with E-state index in [1.165, 1.54) is 16.9 Å². The molecular weight excluding hydrogens is 436 g/mol. The highest BCUT2D eigenvalue weighted by Crippen LogP contribution is 2.33. The van der Waals surface area contributed by atoms with Crippen molar-refractivity contribution in [1.29, 1.82) is 0 Å². The van der Waals surface area contributed by atoms with Crippen molar-refractivity contribution in [1.82, 2.24) is 29.7 Å². The van der Waals surface area contributed by atoms with Crippen molar-refractivity contribution in [2.45, 2.75) is 32.2 Å². The predicted molar refractivity (Wildman–Crippen MR) is 128 cm³/mol. The molecule has 1 aliphatic heterocycles. The standard InChI is InChI=1S/C24H24N6O2S/c31-22-21-15-5-1-4-8-19(15)33-23(21)28-20(27-22)14-29-9-11-30(12-10-29)24(32)18-13-25-16-6-2-3-7-17(16)26-18/h2-3,6-7,13H,1,4-5,8-12,14H2,(H,27,28,31). The Bertz CT molecular complexity index is 1420. The third-order valence-corrected chi connectivity index (χ3v) is 7.76. The van der Waals surface area contributed by atoms with Crippen molar-refractivity contribution in [3.63, 3.8) is 0 Å². The first-order valence-corrected chi connectivity index (χ1v) is 12.2. The number of aromatic amines is 1. The van der Waals surface area contributed by atoms with Gasteiger partial charge in [-0.2, -0.15) is 0 Å². The van der Waals surface area contributed by atoms with Crippen LogP contribution in [-0.4, -0.2) is 61.8 Å². The lowest BCUT2D eigenvalue weighted by Crippen LogP contribution is -2.48. The first-order valence-electron chi connectivity index (χ1n) is 11.4. The normalized spacial score (nSPS) is 16.9. The maximum atomic E-state index is 12.9. The van der Waals surface area contributed by atoms with Gasteiger partial charge in [-0.25, -0.2) is 9.97 Å². The van der Waals surface area contributed by atoms with Gasteiger partial charge in [0.2, 0.25) is 0 Å². The fourth-order valence-corrected chi connectivity index (χ4v) is 6.11. The fourth-order valence-electron chi connectivity index (χ4n) is 4.83. The number of nitrogens with one attached hydrogen (secondary N) is 1. The minimum Gasteiger partial charge on any atom is -0.335 e. The van der Waals surface area contributed by atoms with E-state index in [-0.39, 0.29) is 11.5 Å². The van der Waals surface area contributed by atoms with Crippen LogP contribution >= 0.6 is 11.3 Å². The quantitative estimate of drug-likeness (QED) is 0.505. The average Bonchev–Trinajstić information content (AvgIpc) is 3.22. The van der Waals surface area contributed by atoms with Gasteiger partial charge in [0, 0.05) is 31.1 Å². The number of aromatic nitrogens is 4. The molecule has 1 amide bonds. The van der Waals surface area contributed by atoms with Crippen molar-refractivity contribution < 1.29 is 4.79 Å². The van der Waals surface area contributed by atoms with E-state index in [0.29, 0.717) is 31.2 Å². The van der Waals surface area contributed by atoms with E-state index in [2.05, 4.69) is 19.9 Å². The molecule has 1 fully saturated rings. The Labute approximate surface area is 194 Å². The van der Waals surface area contributed by atoms with Gasteiger partial charge in [0.1, 0.15) is 16.3 Å². The number of fused-ring (bicyclic) bond motifs is 4. The summed E-state index contributed by atoms with van der Waals surface area (Å²) < 4.78 is 0. The van der Waals surface area contributed by atoms with Crippen molar-refractivity contribution in [3.05, 3.63) is 62.8 Å². The molecule has 8 nitrogen and oxygen atoms in total. The minimum atomic E-state index is -0.0926. The topological polar surface area (TPSA) is 95.1 Å². The van der Waals surface area contributed by atoms with Gasteiger partial charge in [0.25, 0.3) is 11.5 Å². The molecule has 3 aromatic heterocycles. The molecule has 2 aliphatic rings. The molecule has 0 radical (unpaired) electrons. The molecule has 4 aromatic rings. The molecule has 1 aliphatic carbocycles.